The minimum Gasteiger partial charge on any atom is -0.444 e. The molecule has 1 saturated heterocycles. The number of hydrogen-bond donors (Lipinski definition) is 1. The molecule has 3 aliphatic heterocycles. The summed E-state index contributed by atoms with van der Waals surface area (Å²) in [5.74, 6) is -0.773. The number of piperidine rings is 1. The third-order valence-electron chi connectivity index (χ3n) is 6.07. The van der Waals surface area contributed by atoms with E-state index in [2.05, 4.69) is 12.2 Å². The molecule has 32 heavy (non-hydrogen) atoms. The van der Waals surface area contributed by atoms with Crippen LogP contribution in [0.4, 0.5) is 4.79 Å². The molecule has 0 aliphatic carbocycles. The monoisotopic (exact) mass is 439 g/mol. The second-order valence-electron chi connectivity index (χ2n) is 9.72. The van der Waals surface area contributed by atoms with E-state index >= 15 is 0 Å². The lowest BCUT2D eigenvalue weighted by atomic mass is 9.89. The number of rotatable bonds is 2. The highest BCUT2D eigenvalue weighted by atomic mass is 16.6. The van der Waals surface area contributed by atoms with Crippen LogP contribution in [0.15, 0.2) is 24.3 Å². The predicted molar refractivity (Wildman–Crippen MR) is 117 cm³/mol. The van der Waals surface area contributed by atoms with Crippen molar-refractivity contribution < 1.29 is 23.9 Å². The van der Waals surface area contributed by atoms with Crippen LogP contribution in [0.5, 0.6) is 0 Å². The van der Waals surface area contributed by atoms with E-state index in [1.165, 1.54) is 0 Å². The maximum absolute atomic E-state index is 12.9. The zero-order valence-electron chi connectivity index (χ0n) is 18.9. The molecule has 2 unspecified atom stereocenters. The minimum absolute atomic E-state index is 0.109. The number of carbonyl (C=O) groups is 4. The number of nitrogens with zero attached hydrogens (tertiary/aromatic N) is 2. The molecule has 0 aromatic heterocycles. The highest BCUT2D eigenvalue weighted by Crippen LogP contribution is 2.33. The second-order valence-corrected chi connectivity index (χ2v) is 9.72. The van der Waals surface area contributed by atoms with Gasteiger partial charge in [0.2, 0.25) is 11.8 Å². The van der Waals surface area contributed by atoms with E-state index in [-0.39, 0.29) is 30.2 Å². The van der Waals surface area contributed by atoms with Gasteiger partial charge in [-0.05, 0) is 61.9 Å². The fraction of sp³-hybridized carbons (Fsp3) is 0.500. The largest absolute Gasteiger partial charge is 0.444 e. The van der Waals surface area contributed by atoms with Crippen LogP contribution in [0.1, 0.15) is 62.0 Å². The Hall–Kier alpha value is -3.16. The molecule has 8 nitrogen and oxygen atoms in total. The first-order chi connectivity index (χ1) is 15.0. The Morgan fingerprint density at radius 3 is 2.59 bits per heavy atom. The van der Waals surface area contributed by atoms with Gasteiger partial charge in [0.25, 0.3) is 5.91 Å². The van der Waals surface area contributed by atoms with Gasteiger partial charge in [-0.1, -0.05) is 19.1 Å². The van der Waals surface area contributed by atoms with Crippen molar-refractivity contribution in [3.05, 3.63) is 41.0 Å². The van der Waals surface area contributed by atoms with Gasteiger partial charge in [-0.15, -0.1) is 0 Å². The average Bonchev–Trinajstić information content (AvgIpc) is 3.02. The molecule has 1 fully saturated rings. The number of imide groups is 1. The molecule has 170 valence electrons. The summed E-state index contributed by atoms with van der Waals surface area (Å²) in [5.41, 5.74) is 3.07. The lowest BCUT2D eigenvalue weighted by Crippen LogP contribution is -2.52. The van der Waals surface area contributed by atoms with Gasteiger partial charge in [0, 0.05) is 31.6 Å². The van der Waals surface area contributed by atoms with E-state index < -0.39 is 17.6 Å². The number of nitrogens with one attached hydrogen (secondary N) is 1. The van der Waals surface area contributed by atoms with E-state index in [1.54, 1.807) is 9.80 Å². The summed E-state index contributed by atoms with van der Waals surface area (Å²) >= 11 is 0. The van der Waals surface area contributed by atoms with E-state index in [9.17, 15) is 19.2 Å². The van der Waals surface area contributed by atoms with Gasteiger partial charge in [-0.25, -0.2) is 4.79 Å². The molecule has 4 rings (SSSR count). The van der Waals surface area contributed by atoms with E-state index in [1.807, 2.05) is 45.0 Å². The molecular weight excluding hydrogens is 410 g/mol. The van der Waals surface area contributed by atoms with E-state index in [0.717, 1.165) is 16.7 Å². The zero-order valence-corrected chi connectivity index (χ0v) is 18.9. The molecule has 8 heteroatoms. The smallest absolute Gasteiger partial charge is 0.410 e. The van der Waals surface area contributed by atoms with E-state index in [0.29, 0.717) is 31.6 Å². The maximum atomic E-state index is 12.9. The molecule has 3 heterocycles. The Morgan fingerprint density at radius 1 is 1.19 bits per heavy atom. The number of benzene rings is 1. The van der Waals surface area contributed by atoms with Crippen LogP contribution < -0.4 is 5.32 Å². The summed E-state index contributed by atoms with van der Waals surface area (Å²) in [4.78, 5) is 52.2. The molecule has 1 aromatic carbocycles. The third kappa shape index (κ3) is 4.26. The predicted octanol–water partition coefficient (Wildman–Crippen LogP) is 2.72. The lowest BCUT2D eigenvalue weighted by Gasteiger charge is -2.33. The Balaban J connectivity index is 1.50. The molecule has 0 radical (unpaired) electrons. The number of carbonyl (C=O) groups excluding carboxylic acids is 4. The molecule has 0 spiro atoms. The molecule has 4 amide bonds. The number of hydrogen-bond acceptors (Lipinski definition) is 5. The standard InChI is InChI=1S/C24H29N3O5/c1-14-12-26(23(31)32-24(2,3)4)10-9-17(14)15-5-6-18-16(11-15)13-27(22(18)30)19-7-8-20(28)25-21(19)29/h5-6,9,11,14,19H,7-8,10,12-13H2,1-4H3,(H,25,28,29). The summed E-state index contributed by atoms with van der Waals surface area (Å²) in [5, 5.41) is 2.33. The Labute approximate surface area is 187 Å². The van der Waals surface area contributed by atoms with Crippen LogP contribution in [0.2, 0.25) is 0 Å². The summed E-state index contributed by atoms with van der Waals surface area (Å²) < 4.78 is 5.48. The van der Waals surface area contributed by atoms with Gasteiger partial charge in [-0.2, -0.15) is 0 Å². The third-order valence-corrected chi connectivity index (χ3v) is 6.07. The first-order valence-corrected chi connectivity index (χ1v) is 11.0. The molecule has 3 aliphatic rings. The summed E-state index contributed by atoms with van der Waals surface area (Å²) in [6.07, 6.45) is 2.30. The van der Waals surface area contributed by atoms with Gasteiger partial charge < -0.3 is 14.5 Å². The summed E-state index contributed by atoms with van der Waals surface area (Å²) in [6.45, 7) is 8.99. The first-order valence-electron chi connectivity index (χ1n) is 11.0. The van der Waals surface area contributed by atoms with Crippen molar-refractivity contribution in [3.63, 3.8) is 0 Å². The molecule has 0 bridgehead atoms. The molecule has 2 atom stereocenters. The van der Waals surface area contributed by atoms with Crippen molar-refractivity contribution in [1.82, 2.24) is 15.1 Å². The molecular formula is C24H29N3O5. The van der Waals surface area contributed by atoms with Crippen molar-refractivity contribution in [2.45, 2.75) is 58.7 Å². The highest BCUT2D eigenvalue weighted by Gasteiger charge is 2.39. The minimum atomic E-state index is -0.619. The van der Waals surface area contributed by atoms with Crippen LogP contribution in [0, 0.1) is 5.92 Å². The molecule has 1 aromatic rings. The van der Waals surface area contributed by atoms with Crippen LogP contribution in [0.3, 0.4) is 0 Å². The van der Waals surface area contributed by atoms with Gasteiger partial charge in [0.1, 0.15) is 11.6 Å². The lowest BCUT2D eigenvalue weighted by molar-refractivity contribution is -0.136. The zero-order chi connectivity index (χ0) is 23.2. The first kappa shape index (κ1) is 22.0. The van der Waals surface area contributed by atoms with Crippen LogP contribution in [-0.2, 0) is 20.9 Å². The number of amides is 4. The quantitative estimate of drug-likeness (QED) is 0.715. The normalized spacial score (nSPS) is 23.6. The summed E-state index contributed by atoms with van der Waals surface area (Å²) in [7, 11) is 0. The summed E-state index contributed by atoms with van der Waals surface area (Å²) in [6, 6.07) is 5.12. The number of fused-ring (bicyclic) bond motifs is 1. The fourth-order valence-electron chi connectivity index (χ4n) is 4.55. The molecule has 1 N–H and O–H groups in total. The van der Waals surface area contributed by atoms with Crippen LogP contribution in [-0.4, -0.2) is 58.3 Å². The Kier molecular flexibility index (Phi) is 5.56. The second kappa shape index (κ2) is 8.07. The van der Waals surface area contributed by atoms with Crippen molar-refractivity contribution >= 4 is 29.4 Å². The number of ether oxygens (including phenoxy) is 1. The Morgan fingerprint density at radius 2 is 1.94 bits per heavy atom. The van der Waals surface area contributed by atoms with Crippen LogP contribution in [0.25, 0.3) is 5.57 Å². The topological polar surface area (TPSA) is 96.0 Å². The van der Waals surface area contributed by atoms with Gasteiger partial charge in [0.05, 0.1) is 0 Å². The highest BCUT2D eigenvalue weighted by molar-refractivity contribution is 6.05. The average molecular weight is 440 g/mol. The van der Waals surface area contributed by atoms with Gasteiger partial charge >= 0.3 is 6.09 Å². The molecule has 0 saturated carbocycles. The van der Waals surface area contributed by atoms with Crippen molar-refractivity contribution in [2.24, 2.45) is 5.92 Å². The fourth-order valence-corrected chi connectivity index (χ4v) is 4.55. The SMILES string of the molecule is CC1CN(C(=O)OC(C)(C)C)CC=C1c1ccc2c(c1)CN(C1CCC(=O)NC1=O)C2=O. The van der Waals surface area contributed by atoms with Crippen molar-refractivity contribution in [2.75, 3.05) is 13.1 Å². The van der Waals surface area contributed by atoms with E-state index in [4.69, 9.17) is 4.74 Å². The van der Waals surface area contributed by atoms with Gasteiger partial charge in [0.15, 0.2) is 0 Å². The van der Waals surface area contributed by atoms with Crippen molar-refractivity contribution in [3.8, 4) is 0 Å². The Bertz CT molecular complexity index is 1020. The van der Waals surface area contributed by atoms with Crippen molar-refractivity contribution in [1.29, 1.82) is 0 Å². The van der Waals surface area contributed by atoms with Crippen LogP contribution >= 0.6 is 0 Å². The maximum Gasteiger partial charge on any atom is 0.410 e. The van der Waals surface area contributed by atoms with Gasteiger partial charge in [-0.3, -0.25) is 19.7 Å².